The molecule has 1 aromatic carbocycles. The normalized spacial score (nSPS) is 11.3. The van der Waals surface area contributed by atoms with Gasteiger partial charge in [-0.3, -0.25) is 0 Å². The van der Waals surface area contributed by atoms with Crippen molar-refractivity contribution >= 4 is 11.3 Å². The lowest BCUT2D eigenvalue weighted by Crippen LogP contribution is -2.07. The first-order chi connectivity index (χ1) is 8.41. The third-order valence-corrected chi connectivity index (χ3v) is 4.28. The standard InChI is InChI=1S/C15H14FNS/c1-15(2,3)14-7-6-13(18-14)10-4-5-11(9-17)12(16)8-10/h4-8H,1-3H3. The molecule has 2 aromatic rings. The number of hydrogen-bond donors (Lipinski definition) is 0. The summed E-state index contributed by atoms with van der Waals surface area (Å²) in [5, 5.41) is 8.70. The molecule has 18 heavy (non-hydrogen) atoms. The van der Waals surface area contributed by atoms with E-state index in [4.69, 9.17) is 5.26 Å². The summed E-state index contributed by atoms with van der Waals surface area (Å²) < 4.78 is 13.6. The Kier molecular flexibility index (Phi) is 3.23. The van der Waals surface area contributed by atoms with Gasteiger partial charge in [0.15, 0.2) is 0 Å². The Hall–Kier alpha value is -1.66. The van der Waals surface area contributed by atoms with E-state index >= 15 is 0 Å². The van der Waals surface area contributed by atoms with E-state index in [0.29, 0.717) is 0 Å². The van der Waals surface area contributed by atoms with E-state index in [-0.39, 0.29) is 11.0 Å². The molecule has 0 saturated carbocycles. The molecule has 1 nitrogen and oxygen atoms in total. The number of rotatable bonds is 1. The van der Waals surface area contributed by atoms with Gasteiger partial charge in [0.05, 0.1) is 5.56 Å². The second kappa shape index (κ2) is 4.55. The van der Waals surface area contributed by atoms with Crippen LogP contribution in [0.5, 0.6) is 0 Å². The maximum atomic E-state index is 13.6. The van der Waals surface area contributed by atoms with Crippen molar-refractivity contribution in [1.82, 2.24) is 0 Å². The zero-order chi connectivity index (χ0) is 13.3. The summed E-state index contributed by atoms with van der Waals surface area (Å²) in [6, 6.07) is 10.7. The van der Waals surface area contributed by atoms with Gasteiger partial charge in [-0.05, 0) is 35.2 Å². The van der Waals surface area contributed by atoms with Crippen LogP contribution in [0.4, 0.5) is 4.39 Å². The van der Waals surface area contributed by atoms with E-state index in [1.807, 2.05) is 12.1 Å². The van der Waals surface area contributed by atoms with Gasteiger partial charge in [0.1, 0.15) is 11.9 Å². The lowest BCUT2D eigenvalue weighted by molar-refractivity contribution is 0.604. The second-order valence-electron chi connectivity index (χ2n) is 5.22. The Balaban J connectivity index is 2.41. The van der Waals surface area contributed by atoms with Gasteiger partial charge < -0.3 is 0 Å². The zero-order valence-corrected chi connectivity index (χ0v) is 11.4. The minimum absolute atomic E-state index is 0.0892. The molecule has 0 spiro atoms. The minimum atomic E-state index is -0.458. The molecule has 0 aliphatic heterocycles. The fraction of sp³-hybridized carbons (Fsp3) is 0.267. The van der Waals surface area contributed by atoms with Gasteiger partial charge in [-0.2, -0.15) is 5.26 Å². The number of halogens is 1. The van der Waals surface area contributed by atoms with Crippen LogP contribution in [0.15, 0.2) is 30.3 Å². The molecule has 0 fully saturated rings. The Morgan fingerprint density at radius 2 is 1.89 bits per heavy atom. The summed E-state index contributed by atoms with van der Waals surface area (Å²) in [5.74, 6) is -0.458. The van der Waals surface area contributed by atoms with Crippen molar-refractivity contribution in [3.05, 3.63) is 46.6 Å². The highest BCUT2D eigenvalue weighted by Crippen LogP contribution is 2.35. The first-order valence-electron chi connectivity index (χ1n) is 5.72. The molecule has 0 saturated heterocycles. The van der Waals surface area contributed by atoms with E-state index in [1.54, 1.807) is 17.4 Å². The molecule has 0 aliphatic rings. The molecule has 0 bridgehead atoms. The molecule has 0 N–H and O–H groups in total. The van der Waals surface area contributed by atoms with Crippen LogP contribution in [0.2, 0.25) is 0 Å². The lowest BCUT2D eigenvalue weighted by Gasteiger charge is -2.15. The number of hydrogen-bond acceptors (Lipinski definition) is 2. The van der Waals surface area contributed by atoms with E-state index < -0.39 is 5.82 Å². The van der Waals surface area contributed by atoms with Crippen LogP contribution in [-0.4, -0.2) is 0 Å². The Morgan fingerprint density at radius 1 is 1.17 bits per heavy atom. The topological polar surface area (TPSA) is 23.8 Å². The first-order valence-corrected chi connectivity index (χ1v) is 6.54. The summed E-state index contributed by atoms with van der Waals surface area (Å²) in [6.45, 7) is 6.46. The molecule has 0 aliphatic carbocycles. The average molecular weight is 259 g/mol. The Labute approximate surface area is 111 Å². The average Bonchev–Trinajstić information content (AvgIpc) is 2.77. The third-order valence-electron chi connectivity index (χ3n) is 2.72. The third kappa shape index (κ3) is 2.44. The van der Waals surface area contributed by atoms with E-state index in [0.717, 1.165) is 10.4 Å². The highest BCUT2D eigenvalue weighted by atomic mass is 32.1. The van der Waals surface area contributed by atoms with Crippen LogP contribution in [-0.2, 0) is 5.41 Å². The monoisotopic (exact) mass is 259 g/mol. The summed E-state index contributed by atoms with van der Waals surface area (Å²) in [4.78, 5) is 2.30. The number of benzene rings is 1. The van der Waals surface area contributed by atoms with Gasteiger partial charge in [-0.15, -0.1) is 11.3 Å². The van der Waals surface area contributed by atoms with Crippen LogP contribution in [0.25, 0.3) is 10.4 Å². The van der Waals surface area contributed by atoms with Crippen molar-refractivity contribution in [2.75, 3.05) is 0 Å². The van der Waals surface area contributed by atoms with Crippen molar-refractivity contribution in [1.29, 1.82) is 5.26 Å². The number of nitrogens with zero attached hydrogens (tertiary/aromatic N) is 1. The van der Waals surface area contributed by atoms with Crippen molar-refractivity contribution < 1.29 is 4.39 Å². The van der Waals surface area contributed by atoms with Gasteiger partial charge >= 0.3 is 0 Å². The van der Waals surface area contributed by atoms with E-state index in [2.05, 4.69) is 26.8 Å². The molecule has 1 aromatic heterocycles. The van der Waals surface area contributed by atoms with Gasteiger partial charge in [-0.25, -0.2) is 4.39 Å². The largest absolute Gasteiger partial charge is 0.206 e. The van der Waals surface area contributed by atoms with Gasteiger partial charge in [-0.1, -0.05) is 26.8 Å². The second-order valence-corrected chi connectivity index (χ2v) is 6.30. The fourth-order valence-electron chi connectivity index (χ4n) is 1.66. The van der Waals surface area contributed by atoms with Crippen molar-refractivity contribution in [3.63, 3.8) is 0 Å². The minimum Gasteiger partial charge on any atom is -0.206 e. The van der Waals surface area contributed by atoms with Gasteiger partial charge in [0, 0.05) is 9.75 Å². The van der Waals surface area contributed by atoms with Crippen molar-refractivity contribution in [2.24, 2.45) is 0 Å². The molecule has 0 radical (unpaired) electrons. The van der Waals surface area contributed by atoms with Gasteiger partial charge in [0.25, 0.3) is 0 Å². The zero-order valence-electron chi connectivity index (χ0n) is 10.6. The lowest BCUT2D eigenvalue weighted by atomic mass is 9.95. The summed E-state index contributed by atoms with van der Waals surface area (Å²) in [7, 11) is 0. The van der Waals surface area contributed by atoms with Crippen LogP contribution in [0.3, 0.4) is 0 Å². The van der Waals surface area contributed by atoms with E-state index in [1.165, 1.54) is 17.0 Å². The Morgan fingerprint density at radius 3 is 2.39 bits per heavy atom. The predicted octanol–water partition coefficient (Wildman–Crippen LogP) is 4.72. The molecular weight excluding hydrogens is 245 g/mol. The molecule has 0 unspecified atom stereocenters. The van der Waals surface area contributed by atoms with Crippen molar-refractivity contribution in [3.8, 4) is 16.5 Å². The van der Waals surface area contributed by atoms with Crippen LogP contribution in [0.1, 0.15) is 31.2 Å². The van der Waals surface area contributed by atoms with Crippen LogP contribution in [0, 0.1) is 17.1 Å². The highest BCUT2D eigenvalue weighted by Gasteiger charge is 2.16. The smallest absolute Gasteiger partial charge is 0.141 e. The van der Waals surface area contributed by atoms with Crippen LogP contribution < -0.4 is 0 Å². The quantitative estimate of drug-likeness (QED) is 0.726. The molecule has 1 heterocycles. The summed E-state index contributed by atoms with van der Waals surface area (Å²) in [5.41, 5.74) is 1.02. The van der Waals surface area contributed by atoms with Gasteiger partial charge in [0.2, 0.25) is 0 Å². The molecule has 2 rings (SSSR count). The van der Waals surface area contributed by atoms with Crippen LogP contribution >= 0.6 is 11.3 Å². The maximum Gasteiger partial charge on any atom is 0.141 e. The number of thiophene rings is 1. The fourth-order valence-corrected chi connectivity index (χ4v) is 2.72. The maximum absolute atomic E-state index is 13.6. The predicted molar refractivity (Wildman–Crippen MR) is 73.1 cm³/mol. The van der Waals surface area contributed by atoms with Crippen molar-refractivity contribution in [2.45, 2.75) is 26.2 Å². The van der Waals surface area contributed by atoms with E-state index in [9.17, 15) is 4.39 Å². The SMILES string of the molecule is CC(C)(C)c1ccc(-c2ccc(C#N)c(F)c2)s1. The Bertz CT molecular complexity index is 614. The first kappa shape index (κ1) is 12.8. The molecular formula is C15H14FNS. The number of nitriles is 1. The highest BCUT2D eigenvalue weighted by molar-refractivity contribution is 7.15. The molecule has 3 heteroatoms. The summed E-state index contributed by atoms with van der Waals surface area (Å²) >= 11 is 1.67. The summed E-state index contributed by atoms with van der Waals surface area (Å²) in [6.07, 6.45) is 0. The molecule has 92 valence electrons. The molecule has 0 atom stereocenters. The molecule has 0 amide bonds.